The molecule has 2 aromatic rings. The lowest BCUT2D eigenvalue weighted by molar-refractivity contribution is 1.50. The van der Waals surface area contributed by atoms with Crippen molar-refractivity contribution in [1.82, 2.24) is 0 Å². The molecule has 0 aliphatic rings. The molecule has 102 valence electrons. The molecule has 0 bridgehead atoms. The van der Waals surface area contributed by atoms with Crippen LogP contribution >= 0.6 is 11.3 Å². The minimum Gasteiger partial charge on any atom is -0.149 e. The van der Waals surface area contributed by atoms with E-state index in [1.54, 1.807) is 11.3 Å². The summed E-state index contributed by atoms with van der Waals surface area (Å²) in [4.78, 5) is 1.39. The van der Waals surface area contributed by atoms with E-state index >= 15 is 0 Å². The van der Waals surface area contributed by atoms with Crippen LogP contribution in [-0.4, -0.2) is 0 Å². The molecule has 0 amide bonds. The highest BCUT2D eigenvalue weighted by molar-refractivity contribution is 7.10. The lowest BCUT2D eigenvalue weighted by atomic mass is 10.1. The minimum absolute atomic E-state index is 1.32. The molecule has 0 aliphatic carbocycles. The minimum atomic E-state index is 1.32. The standard InChI is InChI=1S/C11H10S.3C2H6/c1-9-11(7-8-12-9)10-5-3-2-4-6-10;3*1-2/h2-8H,1H3;3*1-2H3. The van der Waals surface area contributed by atoms with Crippen LogP contribution in [0.5, 0.6) is 0 Å². The van der Waals surface area contributed by atoms with Crippen molar-refractivity contribution in [3.63, 3.8) is 0 Å². The van der Waals surface area contributed by atoms with Gasteiger partial charge in [0, 0.05) is 4.88 Å². The number of hydrogen-bond acceptors (Lipinski definition) is 1. The molecule has 0 unspecified atom stereocenters. The lowest BCUT2D eigenvalue weighted by Crippen LogP contribution is -1.73. The van der Waals surface area contributed by atoms with Gasteiger partial charge >= 0.3 is 0 Å². The van der Waals surface area contributed by atoms with Crippen LogP contribution in [0, 0.1) is 6.92 Å². The smallest absolute Gasteiger partial charge is 0.00925 e. The largest absolute Gasteiger partial charge is 0.149 e. The first-order chi connectivity index (χ1) is 8.88. The van der Waals surface area contributed by atoms with E-state index in [1.807, 2.05) is 47.6 Å². The Hall–Kier alpha value is -1.08. The number of rotatable bonds is 1. The number of aryl methyl sites for hydroxylation is 1. The summed E-state index contributed by atoms with van der Waals surface area (Å²) in [5, 5.41) is 2.14. The van der Waals surface area contributed by atoms with Crippen molar-refractivity contribution < 1.29 is 0 Å². The van der Waals surface area contributed by atoms with Crippen molar-refractivity contribution in [2.24, 2.45) is 0 Å². The van der Waals surface area contributed by atoms with Crippen LogP contribution in [0.2, 0.25) is 0 Å². The maximum Gasteiger partial charge on any atom is 0.00925 e. The van der Waals surface area contributed by atoms with Crippen molar-refractivity contribution in [3.05, 3.63) is 46.7 Å². The number of thiophene rings is 1. The lowest BCUT2D eigenvalue weighted by Gasteiger charge is -1.97. The fraction of sp³-hybridized carbons (Fsp3) is 0.412. The Morgan fingerprint density at radius 1 is 0.722 bits per heavy atom. The topological polar surface area (TPSA) is 0 Å². The van der Waals surface area contributed by atoms with E-state index in [0.29, 0.717) is 0 Å². The van der Waals surface area contributed by atoms with Gasteiger partial charge in [-0.15, -0.1) is 11.3 Å². The summed E-state index contributed by atoms with van der Waals surface area (Å²) >= 11 is 1.80. The molecule has 0 saturated heterocycles. The highest BCUT2D eigenvalue weighted by Crippen LogP contribution is 2.26. The average molecular weight is 264 g/mol. The SMILES string of the molecule is CC.CC.CC.Cc1sccc1-c1ccccc1. The van der Waals surface area contributed by atoms with Crippen LogP contribution in [0.3, 0.4) is 0 Å². The van der Waals surface area contributed by atoms with Crippen LogP contribution in [-0.2, 0) is 0 Å². The zero-order valence-electron chi connectivity index (χ0n) is 12.9. The zero-order valence-corrected chi connectivity index (χ0v) is 13.8. The van der Waals surface area contributed by atoms with Gasteiger partial charge in [0.05, 0.1) is 0 Å². The second-order valence-electron chi connectivity index (χ2n) is 2.76. The number of benzene rings is 1. The van der Waals surface area contributed by atoms with Crippen molar-refractivity contribution in [3.8, 4) is 11.1 Å². The first-order valence-corrected chi connectivity index (χ1v) is 7.85. The molecule has 0 saturated carbocycles. The number of hydrogen-bond donors (Lipinski definition) is 0. The Labute approximate surface area is 118 Å². The van der Waals surface area contributed by atoms with Crippen LogP contribution in [0.1, 0.15) is 46.4 Å². The van der Waals surface area contributed by atoms with Crippen LogP contribution in [0.4, 0.5) is 0 Å². The van der Waals surface area contributed by atoms with Crippen molar-refractivity contribution >= 4 is 11.3 Å². The second kappa shape index (κ2) is 14.0. The van der Waals surface area contributed by atoms with Crippen LogP contribution in [0.15, 0.2) is 41.8 Å². The van der Waals surface area contributed by atoms with E-state index < -0.39 is 0 Å². The van der Waals surface area contributed by atoms with Gasteiger partial charge in [0.15, 0.2) is 0 Å². The molecular weight excluding hydrogens is 236 g/mol. The molecule has 0 nitrogen and oxygen atoms in total. The Balaban J connectivity index is 0. The van der Waals surface area contributed by atoms with Gasteiger partial charge in [0.1, 0.15) is 0 Å². The van der Waals surface area contributed by atoms with E-state index in [0.717, 1.165) is 0 Å². The molecule has 0 radical (unpaired) electrons. The van der Waals surface area contributed by atoms with Crippen molar-refractivity contribution in [2.75, 3.05) is 0 Å². The van der Waals surface area contributed by atoms with Gasteiger partial charge in [-0.3, -0.25) is 0 Å². The molecule has 18 heavy (non-hydrogen) atoms. The average Bonchev–Trinajstić information content (AvgIpc) is 2.92. The zero-order chi connectivity index (χ0) is 14.4. The molecule has 1 heteroatoms. The second-order valence-corrected chi connectivity index (χ2v) is 3.88. The highest BCUT2D eigenvalue weighted by Gasteiger charge is 2.00. The fourth-order valence-electron chi connectivity index (χ4n) is 1.30. The Kier molecular flexibility index (Phi) is 15.0. The molecule has 0 aliphatic heterocycles. The maximum atomic E-state index is 2.18. The molecular formula is C17H28S. The van der Waals surface area contributed by atoms with Crippen LogP contribution < -0.4 is 0 Å². The highest BCUT2D eigenvalue weighted by atomic mass is 32.1. The van der Waals surface area contributed by atoms with Gasteiger partial charge in [-0.25, -0.2) is 0 Å². The van der Waals surface area contributed by atoms with E-state index in [4.69, 9.17) is 0 Å². The molecule has 1 aromatic carbocycles. The summed E-state index contributed by atoms with van der Waals surface area (Å²) in [6.07, 6.45) is 0. The third-order valence-electron chi connectivity index (χ3n) is 1.94. The quantitative estimate of drug-likeness (QED) is 0.531. The van der Waals surface area contributed by atoms with Gasteiger partial charge in [-0.2, -0.15) is 0 Å². The molecule has 0 N–H and O–H groups in total. The van der Waals surface area contributed by atoms with E-state index in [-0.39, 0.29) is 0 Å². The summed E-state index contributed by atoms with van der Waals surface area (Å²) in [5.74, 6) is 0. The summed E-state index contributed by atoms with van der Waals surface area (Å²) < 4.78 is 0. The molecule has 1 aromatic heterocycles. The van der Waals surface area contributed by atoms with Crippen LogP contribution in [0.25, 0.3) is 11.1 Å². The summed E-state index contributed by atoms with van der Waals surface area (Å²) in [5.41, 5.74) is 2.68. The predicted octanol–water partition coefficient (Wildman–Crippen LogP) is 6.80. The predicted molar refractivity (Wildman–Crippen MR) is 88.5 cm³/mol. The summed E-state index contributed by atoms with van der Waals surface area (Å²) in [6, 6.07) is 12.7. The monoisotopic (exact) mass is 264 g/mol. The van der Waals surface area contributed by atoms with Crippen molar-refractivity contribution in [1.29, 1.82) is 0 Å². The van der Waals surface area contributed by atoms with E-state index in [1.165, 1.54) is 16.0 Å². The normalized spacial score (nSPS) is 7.72. The molecule has 2 rings (SSSR count). The van der Waals surface area contributed by atoms with Gasteiger partial charge in [-0.05, 0) is 29.5 Å². The Morgan fingerprint density at radius 3 is 1.61 bits per heavy atom. The maximum absolute atomic E-state index is 2.18. The van der Waals surface area contributed by atoms with Gasteiger partial charge in [-0.1, -0.05) is 71.9 Å². The van der Waals surface area contributed by atoms with Gasteiger partial charge in [0.25, 0.3) is 0 Å². The third kappa shape index (κ3) is 6.61. The fourth-order valence-corrected chi connectivity index (χ4v) is 2.02. The van der Waals surface area contributed by atoms with Gasteiger partial charge < -0.3 is 0 Å². The summed E-state index contributed by atoms with van der Waals surface area (Å²) in [6.45, 7) is 14.2. The van der Waals surface area contributed by atoms with E-state index in [9.17, 15) is 0 Å². The summed E-state index contributed by atoms with van der Waals surface area (Å²) in [7, 11) is 0. The van der Waals surface area contributed by atoms with Crippen molar-refractivity contribution in [2.45, 2.75) is 48.5 Å². The molecule has 0 spiro atoms. The van der Waals surface area contributed by atoms with E-state index in [2.05, 4.69) is 42.6 Å². The molecule has 0 fully saturated rings. The first kappa shape index (κ1) is 19.3. The molecule has 1 heterocycles. The third-order valence-corrected chi connectivity index (χ3v) is 2.79. The first-order valence-electron chi connectivity index (χ1n) is 6.97. The Morgan fingerprint density at radius 2 is 1.22 bits per heavy atom. The van der Waals surface area contributed by atoms with Gasteiger partial charge in [0.2, 0.25) is 0 Å². The Bertz CT molecular complexity index is 360. The molecule has 0 atom stereocenters.